The number of hydrogen-bond acceptors (Lipinski definition) is 8. The Morgan fingerprint density at radius 1 is 0.848 bits per heavy atom. The van der Waals surface area contributed by atoms with Crippen molar-refractivity contribution in [2.45, 2.75) is 6.92 Å². The van der Waals surface area contributed by atoms with Crippen LogP contribution in [0.4, 0.5) is 17.3 Å². The zero-order valence-corrected chi connectivity index (χ0v) is 18.2. The van der Waals surface area contributed by atoms with Crippen molar-refractivity contribution in [1.29, 1.82) is 0 Å². The Balaban J connectivity index is 1.71. The molecule has 0 unspecified atom stereocenters. The quantitative estimate of drug-likeness (QED) is 0.330. The number of Topliss-reactive ketones (excluding diaryl/α,β-unsaturated/α-hetero) is 1. The van der Waals surface area contributed by atoms with Gasteiger partial charge in [0, 0.05) is 18.1 Å². The molecule has 0 aliphatic carbocycles. The zero-order valence-electron chi connectivity index (χ0n) is 17.4. The minimum atomic E-state index is -0.697. The van der Waals surface area contributed by atoms with Gasteiger partial charge in [-0.3, -0.25) is 19.7 Å². The van der Waals surface area contributed by atoms with Crippen LogP contribution in [0.3, 0.4) is 0 Å². The molecule has 1 aromatic heterocycles. The number of carbonyl (C=O) groups is 3. The summed E-state index contributed by atoms with van der Waals surface area (Å²) >= 11 is 0.937. The van der Waals surface area contributed by atoms with E-state index in [1.165, 1.54) is 24.3 Å². The van der Waals surface area contributed by atoms with Crippen LogP contribution in [0.15, 0.2) is 94.8 Å². The van der Waals surface area contributed by atoms with Gasteiger partial charge < -0.3 is 5.32 Å². The van der Waals surface area contributed by atoms with Crippen molar-refractivity contribution in [3.8, 4) is 0 Å². The molecule has 1 aliphatic rings. The fraction of sp³-hybridized carbons (Fsp3) is 0.0435. The monoisotopic (exact) mass is 458 g/mol. The number of nitrogens with one attached hydrogen (secondary N) is 2. The number of rotatable bonds is 6. The van der Waals surface area contributed by atoms with E-state index >= 15 is 0 Å². The molecule has 0 radical (unpaired) electrons. The van der Waals surface area contributed by atoms with Crippen LogP contribution in [0, 0.1) is 0 Å². The Labute approximate surface area is 193 Å². The molecule has 1 aliphatic heterocycles. The van der Waals surface area contributed by atoms with E-state index in [2.05, 4.69) is 25.7 Å². The van der Waals surface area contributed by atoms with Crippen LogP contribution in [0.25, 0.3) is 0 Å². The van der Waals surface area contributed by atoms with Gasteiger partial charge in [-0.1, -0.05) is 36.4 Å². The van der Waals surface area contributed by atoms with Crippen LogP contribution < -0.4 is 15.6 Å². The lowest BCUT2D eigenvalue weighted by atomic mass is 10.2. The van der Waals surface area contributed by atoms with E-state index in [1.54, 1.807) is 54.6 Å². The summed E-state index contributed by atoms with van der Waals surface area (Å²) in [5, 5.41) is 11.4. The summed E-state index contributed by atoms with van der Waals surface area (Å²) in [6, 6.07) is 19.5. The van der Waals surface area contributed by atoms with E-state index in [9.17, 15) is 14.4 Å². The van der Waals surface area contributed by atoms with Gasteiger partial charge >= 0.3 is 0 Å². The topological polar surface area (TPSA) is 117 Å². The van der Waals surface area contributed by atoms with Crippen LogP contribution in [0.1, 0.15) is 6.92 Å². The minimum absolute atomic E-state index is 0.0547. The maximum Gasteiger partial charge on any atom is 0.283 e. The van der Waals surface area contributed by atoms with Gasteiger partial charge in [0.15, 0.2) is 10.8 Å². The highest BCUT2D eigenvalue weighted by atomic mass is 32.2. The second-order valence-corrected chi connectivity index (χ2v) is 7.72. The summed E-state index contributed by atoms with van der Waals surface area (Å²) in [7, 11) is 0. The Hall–Kier alpha value is -4.31. The van der Waals surface area contributed by atoms with Crippen molar-refractivity contribution in [2.75, 3.05) is 15.6 Å². The maximum atomic E-state index is 13.0. The molecule has 2 aromatic carbocycles. The van der Waals surface area contributed by atoms with Crippen LogP contribution in [-0.4, -0.2) is 32.6 Å². The molecular formula is C23H18N6O3S. The number of para-hydroxylation sites is 2. The molecule has 0 saturated carbocycles. The molecular weight excluding hydrogens is 440 g/mol. The molecule has 0 atom stereocenters. The highest BCUT2D eigenvalue weighted by molar-refractivity contribution is 8.19. The number of amides is 2. The van der Waals surface area contributed by atoms with Gasteiger partial charge in [0.25, 0.3) is 11.8 Å². The average Bonchev–Trinajstić information content (AvgIpc) is 3.26. The molecule has 9 nitrogen and oxygen atoms in total. The second-order valence-electron chi connectivity index (χ2n) is 6.74. The Morgan fingerprint density at radius 2 is 1.48 bits per heavy atom. The highest BCUT2D eigenvalue weighted by Crippen LogP contribution is 2.37. The predicted octanol–water partition coefficient (Wildman–Crippen LogP) is 3.42. The van der Waals surface area contributed by atoms with Crippen LogP contribution >= 0.6 is 11.8 Å². The molecule has 3 aromatic rings. The van der Waals surface area contributed by atoms with Crippen LogP contribution in [0.5, 0.6) is 0 Å². The third kappa shape index (κ3) is 5.13. The van der Waals surface area contributed by atoms with E-state index in [0.717, 1.165) is 11.8 Å². The highest BCUT2D eigenvalue weighted by Gasteiger charge is 2.34. The maximum absolute atomic E-state index is 13.0. The zero-order chi connectivity index (χ0) is 23.2. The van der Waals surface area contributed by atoms with Crippen molar-refractivity contribution in [3.05, 3.63) is 89.7 Å². The van der Waals surface area contributed by atoms with E-state index in [4.69, 9.17) is 0 Å². The number of carbonyl (C=O) groups excluding carboxylic acids is 3. The number of ketones is 1. The standard InChI is InChI=1S/C23H18N6O3S/c1-15(30)18(19(31)27-23-24-13-8-14-25-23)22-29(17-11-6-3-7-12-17)28-21(33-22)20(32)26-16-9-4-2-5-10-16/h2-14H,1H3,(H,26,32)(H,24,25,27,31)/b22-18+. The molecule has 2 heterocycles. The summed E-state index contributed by atoms with van der Waals surface area (Å²) in [4.78, 5) is 46.4. The molecule has 10 heteroatoms. The van der Waals surface area contributed by atoms with Gasteiger partial charge in [0.1, 0.15) is 10.6 Å². The van der Waals surface area contributed by atoms with E-state index in [0.29, 0.717) is 11.4 Å². The fourth-order valence-electron chi connectivity index (χ4n) is 2.93. The van der Waals surface area contributed by atoms with Gasteiger partial charge in [0.05, 0.1) is 5.69 Å². The number of anilines is 3. The first kappa shape index (κ1) is 21.9. The van der Waals surface area contributed by atoms with Gasteiger partial charge in [-0.15, -0.1) is 0 Å². The second kappa shape index (κ2) is 9.88. The number of hydrazone groups is 1. The van der Waals surface area contributed by atoms with Crippen molar-refractivity contribution < 1.29 is 14.4 Å². The smallest absolute Gasteiger partial charge is 0.283 e. The molecule has 4 rings (SSSR count). The number of thioether (sulfide) groups is 1. The number of aromatic nitrogens is 2. The minimum Gasteiger partial charge on any atom is -0.320 e. The molecule has 2 amide bonds. The first-order valence-corrected chi connectivity index (χ1v) is 10.7. The van der Waals surface area contributed by atoms with E-state index in [-0.39, 0.29) is 21.6 Å². The molecule has 0 fully saturated rings. The summed E-state index contributed by atoms with van der Waals surface area (Å²) in [6.07, 6.45) is 2.94. The van der Waals surface area contributed by atoms with Crippen molar-refractivity contribution in [2.24, 2.45) is 5.10 Å². The molecule has 33 heavy (non-hydrogen) atoms. The summed E-state index contributed by atoms with van der Waals surface area (Å²) in [6.45, 7) is 1.28. The summed E-state index contributed by atoms with van der Waals surface area (Å²) < 4.78 is 0. The lowest BCUT2D eigenvalue weighted by molar-refractivity contribution is -0.119. The first-order valence-electron chi connectivity index (χ1n) is 9.84. The lowest BCUT2D eigenvalue weighted by Gasteiger charge is -2.18. The molecule has 0 saturated heterocycles. The average molecular weight is 459 g/mol. The Bertz CT molecular complexity index is 1250. The van der Waals surface area contributed by atoms with Gasteiger partial charge in [-0.2, -0.15) is 5.10 Å². The molecule has 2 N–H and O–H groups in total. The van der Waals surface area contributed by atoms with Gasteiger partial charge in [0.2, 0.25) is 5.95 Å². The number of hydrogen-bond donors (Lipinski definition) is 2. The largest absolute Gasteiger partial charge is 0.320 e. The van der Waals surface area contributed by atoms with E-state index < -0.39 is 17.6 Å². The van der Waals surface area contributed by atoms with Gasteiger partial charge in [-0.25, -0.2) is 15.0 Å². The Morgan fingerprint density at radius 3 is 2.12 bits per heavy atom. The third-order valence-electron chi connectivity index (χ3n) is 4.39. The fourth-order valence-corrected chi connectivity index (χ4v) is 3.95. The first-order chi connectivity index (χ1) is 16.0. The van der Waals surface area contributed by atoms with Crippen LogP contribution in [0.2, 0.25) is 0 Å². The van der Waals surface area contributed by atoms with E-state index in [1.807, 2.05) is 12.1 Å². The molecule has 164 valence electrons. The molecule has 0 spiro atoms. The summed E-state index contributed by atoms with van der Waals surface area (Å²) in [5.74, 6) is -1.60. The Kier molecular flexibility index (Phi) is 6.56. The SMILES string of the molecule is CC(=O)/C(C(=O)Nc1ncccn1)=C1\SC(C(=O)Nc2ccccc2)=NN1c1ccccc1. The number of benzene rings is 2. The van der Waals surface area contributed by atoms with Crippen molar-refractivity contribution in [1.82, 2.24) is 9.97 Å². The number of nitrogens with zero attached hydrogens (tertiary/aromatic N) is 4. The van der Waals surface area contributed by atoms with Crippen molar-refractivity contribution in [3.63, 3.8) is 0 Å². The summed E-state index contributed by atoms with van der Waals surface area (Å²) in [5.41, 5.74) is 1.02. The van der Waals surface area contributed by atoms with Crippen molar-refractivity contribution >= 4 is 51.7 Å². The third-order valence-corrected chi connectivity index (χ3v) is 5.42. The normalized spacial score (nSPS) is 14.3. The van der Waals surface area contributed by atoms with Crippen LogP contribution in [-0.2, 0) is 14.4 Å². The lowest BCUT2D eigenvalue weighted by Crippen LogP contribution is -2.25. The predicted molar refractivity (Wildman–Crippen MR) is 127 cm³/mol. The molecule has 0 bridgehead atoms. The van der Waals surface area contributed by atoms with Gasteiger partial charge in [-0.05, 0) is 49.0 Å².